The maximum absolute atomic E-state index is 12.3. The number of rotatable bonds is 13. The van der Waals surface area contributed by atoms with E-state index in [0.29, 0.717) is 28.7 Å². The van der Waals surface area contributed by atoms with Crippen LogP contribution in [0.1, 0.15) is 236 Å². The van der Waals surface area contributed by atoms with E-state index in [4.69, 9.17) is 22.9 Å². The van der Waals surface area contributed by atoms with Gasteiger partial charge in [0.05, 0.1) is 11.8 Å². The van der Waals surface area contributed by atoms with Crippen LogP contribution in [0.25, 0.3) is 67.4 Å². The van der Waals surface area contributed by atoms with Crippen LogP contribution in [-0.2, 0) is 65.4 Å². The molecular weight excluding hydrogens is 1190 g/mol. The van der Waals surface area contributed by atoms with E-state index < -0.39 is 11.8 Å². The molecule has 0 heterocycles. The molecule has 0 fully saturated rings. The summed E-state index contributed by atoms with van der Waals surface area (Å²) in [6.07, 6.45) is 0.332. The monoisotopic (exact) mass is 1280 g/mol. The van der Waals surface area contributed by atoms with E-state index >= 15 is 0 Å². The van der Waals surface area contributed by atoms with Crippen LogP contribution in [0.4, 0.5) is 0 Å². The Kier molecular flexibility index (Phi) is 51.0. The number of Topliss-reactive ketones (excluding diaryl/α,β-unsaturated/α-hetero) is 6. The van der Waals surface area contributed by atoms with Crippen LogP contribution in [0.3, 0.4) is 0 Å². The summed E-state index contributed by atoms with van der Waals surface area (Å²) in [7, 11) is 2.50. The van der Waals surface area contributed by atoms with Gasteiger partial charge in [-0.15, -0.1) is 0 Å². The van der Waals surface area contributed by atoms with Gasteiger partial charge in [-0.05, 0) is 178 Å². The standard InChI is InChI=1S/C28H27NO4.C27H25NO4.6C2H6.2CH4N.2Y/c1-6-27(32)25-12-16(3)21(13-24(25)18(5)31)19-7-9-20(10-8-19)22-14-26(28(29)33)23(17(4)30)11-15(22)2;1-14-10-23(16(3)29)25(18(5)31)12-21(14)19-6-8-20(9-7-19)22-13-26(27(28)32)24(17(4)30)11-15(22)2;8*1-2;;/h7-14H,6H2,1-5H3,(H2,29,33);6-13H,1-5H3,(H2,28,32);6*1-2H3;2*2H,1H3;;/q;;;;;;;;2*-1;;/p-2. The van der Waals surface area contributed by atoms with E-state index in [-0.39, 0.29) is 122 Å². The summed E-state index contributed by atoms with van der Waals surface area (Å²) in [5, 5.41) is 0. The van der Waals surface area contributed by atoms with Crippen molar-refractivity contribution < 1.29 is 104 Å². The summed E-state index contributed by atoms with van der Waals surface area (Å²) in [5.74, 6) is -2.83. The second kappa shape index (κ2) is 47.7. The van der Waals surface area contributed by atoms with E-state index in [1.54, 1.807) is 55.5 Å². The first kappa shape index (κ1) is 88.6. The predicted octanol–water partition coefficient (Wildman–Crippen LogP) is 20.8. The van der Waals surface area contributed by atoms with Crippen molar-refractivity contribution >= 4 is 46.5 Å². The van der Waals surface area contributed by atoms with Gasteiger partial charge in [-0.2, -0.15) is 14.1 Å². The molecular formula is C69H94N4O8Y2-4. The molecule has 6 aromatic carbocycles. The molecule has 0 aromatic heterocycles. The molecule has 14 heteroatoms. The Morgan fingerprint density at radius 3 is 0.639 bits per heavy atom. The minimum absolute atomic E-state index is 0. The van der Waals surface area contributed by atoms with Crippen molar-refractivity contribution in [3.63, 3.8) is 0 Å². The predicted molar refractivity (Wildman–Crippen MR) is 344 cm³/mol. The van der Waals surface area contributed by atoms with E-state index in [9.17, 15) is 38.4 Å². The molecule has 6 rings (SSSR count). The number of nitrogens with one attached hydrogen (secondary N) is 4. The van der Waals surface area contributed by atoms with Crippen LogP contribution in [0.15, 0.2) is 97.1 Å². The fourth-order valence-electron chi connectivity index (χ4n) is 7.99. The van der Waals surface area contributed by atoms with E-state index in [1.165, 1.54) is 48.7 Å². The van der Waals surface area contributed by atoms with Crippen LogP contribution in [0.2, 0.25) is 0 Å². The summed E-state index contributed by atoms with van der Waals surface area (Å²) in [6.45, 7) is 40.4. The Labute approximate surface area is 549 Å². The van der Waals surface area contributed by atoms with E-state index in [2.05, 4.69) is 0 Å². The van der Waals surface area contributed by atoms with Crippen LogP contribution in [0, 0.1) is 27.7 Å². The van der Waals surface area contributed by atoms with Crippen molar-refractivity contribution in [3.05, 3.63) is 187 Å². The molecule has 0 saturated heterocycles. The molecule has 0 aliphatic rings. The fourth-order valence-corrected chi connectivity index (χ4v) is 7.99. The van der Waals surface area contributed by atoms with Crippen molar-refractivity contribution in [1.82, 2.24) is 0 Å². The van der Waals surface area contributed by atoms with Gasteiger partial charge in [0, 0.05) is 116 Å². The summed E-state index contributed by atoms with van der Waals surface area (Å²) in [5.41, 5.74) is 39.1. The number of hydrogen-bond acceptors (Lipinski definition) is 8. The molecule has 6 aromatic rings. The molecule has 2 amide bonds. The third-order valence-corrected chi connectivity index (χ3v) is 11.5. The first-order valence-electron chi connectivity index (χ1n) is 28.0. The maximum Gasteiger partial charge on any atom is 0.163 e. The minimum atomic E-state index is -0.897. The van der Waals surface area contributed by atoms with Crippen LogP contribution >= 0.6 is 0 Å². The van der Waals surface area contributed by atoms with Crippen molar-refractivity contribution in [1.29, 1.82) is 0 Å². The summed E-state index contributed by atoms with van der Waals surface area (Å²) >= 11 is 0. The van der Waals surface area contributed by atoms with Gasteiger partial charge < -0.3 is 32.5 Å². The first-order valence-corrected chi connectivity index (χ1v) is 28.0. The number of amides is 2. The molecule has 2 radical (unpaired) electrons. The Bertz CT molecular complexity index is 2920. The van der Waals surface area contributed by atoms with Gasteiger partial charge in [-0.1, -0.05) is 139 Å². The molecule has 0 unspecified atom stereocenters. The van der Waals surface area contributed by atoms with E-state index in [0.717, 1.165) is 66.8 Å². The number of carbonyl (C=O) groups excluding carboxylic acids is 8. The zero-order chi connectivity index (χ0) is 64.2. The summed E-state index contributed by atoms with van der Waals surface area (Å²) in [6, 6.07) is 28.8. The number of aryl methyl sites for hydroxylation is 4. The van der Waals surface area contributed by atoms with Crippen LogP contribution < -0.4 is 0 Å². The normalized spacial score (nSPS) is 8.94. The number of carbonyl (C=O) groups is 8. The topological polar surface area (TPSA) is 232 Å². The van der Waals surface area contributed by atoms with Crippen LogP contribution in [0.5, 0.6) is 0 Å². The van der Waals surface area contributed by atoms with Crippen molar-refractivity contribution in [2.24, 2.45) is 0 Å². The molecule has 4 N–H and O–H groups in total. The molecule has 0 spiro atoms. The Morgan fingerprint density at radius 2 is 0.458 bits per heavy atom. The van der Waals surface area contributed by atoms with Gasteiger partial charge in [0.25, 0.3) is 0 Å². The second-order valence-corrected chi connectivity index (χ2v) is 16.2. The van der Waals surface area contributed by atoms with Gasteiger partial charge in [0.1, 0.15) is 0 Å². The third kappa shape index (κ3) is 25.7. The Balaban J connectivity index is -0.000000282. The van der Waals surface area contributed by atoms with Crippen molar-refractivity contribution in [3.8, 4) is 44.5 Å². The Hall–Kier alpha value is -5.59. The number of ketones is 6. The Morgan fingerprint density at radius 1 is 0.301 bits per heavy atom. The third-order valence-electron chi connectivity index (χ3n) is 11.5. The molecule has 12 nitrogen and oxygen atoms in total. The summed E-state index contributed by atoms with van der Waals surface area (Å²) in [4.78, 5) is 95.8. The van der Waals surface area contributed by atoms with Gasteiger partial charge in [-0.25, -0.2) is 0 Å². The summed E-state index contributed by atoms with van der Waals surface area (Å²) < 4.78 is 0. The molecule has 0 atom stereocenters. The average molecular weight is 1290 g/mol. The first-order chi connectivity index (χ1) is 38.5. The fraction of sp³-hybridized carbons (Fsp3) is 0.362. The average Bonchev–Trinajstić information content (AvgIpc) is 3.48. The zero-order valence-electron chi connectivity index (χ0n) is 54.4. The molecule has 0 saturated carbocycles. The van der Waals surface area contributed by atoms with Gasteiger partial charge in [0.15, 0.2) is 34.7 Å². The zero-order valence-corrected chi connectivity index (χ0v) is 60.0. The second-order valence-electron chi connectivity index (χ2n) is 16.2. The molecule has 0 aliphatic carbocycles. The number of hydrogen-bond donors (Lipinski definition) is 0. The number of benzene rings is 6. The van der Waals surface area contributed by atoms with Gasteiger partial charge >= 0.3 is 0 Å². The SMILES string of the molecule is CC.CC.CC.CC.CC.CC.CC(=O)c1cc(C)c(-c2ccc(-c3cc(C([NH-])=O)c(C(C)=O)cc3C)cc2)cc1C(C)=O.CCC(=O)c1cc(C)c(-c2ccc(-c3cc(C([NH-])=O)c(C(C)=O)cc3C)cc2)cc1C(C)=O.C[NH-].C[NH-].[Y].[Y]. The largest absolute Gasteiger partial charge is 0.680 e. The molecule has 0 bridgehead atoms. The van der Waals surface area contributed by atoms with Crippen LogP contribution in [-0.4, -0.2) is 60.6 Å². The van der Waals surface area contributed by atoms with Gasteiger partial charge in [-0.3, -0.25) is 28.8 Å². The quantitative estimate of drug-likeness (QED) is 0.101. The minimum Gasteiger partial charge on any atom is -0.680 e. The van der Waals surface area contributed by atoms with Crippen molar-refractivity contribution in [2.45, 2.75) is 159 Å². The molecule has 448 valence electrons. The smallest absolute Gasteiger partial charge is 0.163 e. The van der Waals surface area contributed by atoms with Crippen molar-refractivity contribution in [2.75, 3.05) is 14.1 Å². The molecule has 0 aliphatic heterocycles. The maximum atomic E-state index is 12.3. The van der Waals surface area contributed by atoms with Gasteiger partial charge in [0.2, 0.25) is 0 Å². The molecule has 83 heavy (non-hydrogen) atoms. The van der Waals surface area contributed by atoms with E-state index in [1.807, 2.05) is 159 Å².